The molecule has 0 saturated carbocycles. The molecule has 0 aromatic heterocycles. The third-order valence-corrected chi connectivity index (χ3v) is 2.79. The molecule has 1 atom stereocenters. The molecule has 1 heterocycles. The van der Waals surface area contributed by atoms with E-state index in [9.17, 15) is 14.4 Å². The summed E-state index contributed by atoms with van der Waals surface area (Å²) < 4.78 is 0. The first-order valence-corrected chi connectivity index (χ1v) is 5.13. The molecule has 1 fully saturated rings. The monoisotopic (exact) mass is 212 g/mol. The van der Waals surface area contributed by atoms with Gasteiger partial charge in [-0.05, 0) is 11.8 Å². The predicted octanol–water partition coefficient (Wildman–Crippen LogP) is 0.651. The van der Waals surface area contributed by atoms with E-state index in [1.165, 1.54) is 0 Å². The average Bonchev–Trinajstić information content (AvgIpc) is 2.09. The lowest BCUT2D eigenvalue weighted by atomic mass is 9.80. The van der Waals surface area contributed by atoms with E-state index < -0.39 is 23.8 Å². The molecule has 15 heavy (non-hydrogen) atoms. The summed E-state index contributed by atoms with van der Waals surface area (Å²) >= 11 is 0. The Balaban J connectivity index is 2.87. The second-order valence-electron chi connectivity index (χ2n) is 4.10. The number of carbonyl (C=O) groups is 3. The number of nitrogens with one attached hydrogen (secondary N) is 2. The maximum atomic E-state index is 11.5. The van der Waals surface area contributed by atoms with Gasteiger partial charge in [-0.3, -0.25) is 20.2 Å². The summed E-state index contributed by atoms with van der Waals surface area (Å²) in [6.07, 6.45) is 0.733. The molecule has 84 valence electrons. The van der Waals surface area contributed by atoms with Gasteiger partial charge in [0.25, 0.3) is 0 Å². The van der Waals surface area contributed by atoms with Crippen LogP contribution in [0.15, 0.2) is 0 Å². The van der Waals surface area contributed by atoms with Crippen LogP contribution < -0.4 is 10.6 Å². The van der Waals surface area contributed by atoms with Gasteiger partial charge in [0.05, 0.1) is 0 Å². The second kappa shape index (κ2) is 4.42. The third kappa shape index (κ3) is 2.34. The molecule has 0 aromatic rings. The summed E-state index contributed by atoms with van der Waals surface area (Å²) in [5.74, 6) is -1.51. The minimum atomic E-state index is -0.743. The molecule has 1 unspecified atom stereocenters. The SMILES string of the molecule is CCC(C(C)C)C1C(=O)NC(=O)NC1=O. The fourth-order valence-corrected chi connectivity index (χ4v) is 2.01. The van der Waals surface area contributed by atoms with Crippen molar-refractivity contribution in [1.82, 2.24) is 10.6 Å². The largest absolute Gasteiger partial charge is 0.328 e. The van der Waals surface area contributed by atoms with Crippen LogP contribution in [0.4, 0.5) is 4.79 Å². The van der Waals surface area contributed by atoms with Crippen LogP contribution in [0.3, 0.4) is 0 Å². The molecule has 1 aliphatic heterocycles. The van der Waals surface area contributed by atoms with Crippen LogP contribution in [0.2, 0.25) is 0 Å². The van der Waals surface area contributed by atoms with E-state index in [4.69, 9.17) is 0 Å². The third-order valence-electron chi connectivity index (χ3n) is 2.79. The van der Waals surface area contributed by atoms with Gasteiger partial charge in [0, 0.05) is 0 Å². The number of carbonyl (C=O) groups excluding carboxylic acids is 3. The Morgan fingerprint density at radius 3 is 1.93 bits per heavy atom. The first kappa shape index (κ1) is 11.7. The highest BCUT2D eigenvalue weighted by atomic mass is 16.2. The van der Waals surface area contributed by atoms with Crippen molar-refractivity contribution < 1.29 is 14.4 Å². The number of rotatable bonds is 3. The van der Waals surface area contributed by atoms with Crippen molar-refractivity contribution in [2.24, 2.45) is 17.8 Å². The minimum absolute atomic E-state index is 0.0295. The highest BCUT2D eigenvalue weighted by molar-refractivity contribution is 6.16. The average molecular weight is 212 g/mol. The summed E-state index contributed by atoms with van der Waals surface area (Å²) in [6.45, 7) is 5.86. The van der Waals surface area contributed by atoms with Crippen molar-refractivity contribution in [2.75, 3.05) is 0 Å². The molecule has 5 nitrogen and oxygen atoms in total. The lowest BCUT2D eigenvalue weighted by Crippen LogP contribution is -2.58. The first-order chi connectivity index (χ1) is 6.97. The van der Waals surface area contributed by atoms with Gasteiger partial charge in [0.1, 0.15) is 5.92 Å². The Morgan fingerprint density at radius 1 is 1.13 bits per heavy atom. The maximum Gasteiger partial charge on any atom is 0.328 e. The molecule has 2 N–H and O–H groups in total. The zero-order chi connectivity index (χ0) is 11.6. The maximum absolute atomic E-state index is 11.5. The van der Waals surface area contributed by atoms with Crippen LogP contribution >= 0.6 is 0 Å². The molecule has 1 aliphatic rings. The van der Waals surface area contributed by atoms with Crippen LogP contribution in [0.25, 0.3) is 0 Å². The topological polar surface area (TPSA) is 75.3 Å². The lowest BCUT2D eigenvalue weighted by molar-refractivity contribution is -0.139. The minimum Gasteiger partial charge on any atom is -0.277 e. The number of hydrogen-bond acceptors (Lipinski definition) is 3. The number of barbiturate groups is 1. The van der Waals surface area contributed by atoms with E-state index >= 15 is 0 Å². The molecule has 0 spiro atoms. The summed E-state index contributed by atoms with van der Waals surface area (Å²) in [5.41, 5.74) is 0. The molecule has 5 heteroatoms. The second-order valence-corrected chi connectivity index (χ2v) is 4.10. The van der Waals surface area contributed by atoms with E-state index in [0.717, 1.165) is 6.42 Å². The summed E-state index contributed by atoms with van der Waals surface area (Å²) in [4.78, 5) is 33.9. The van der Waals surface area contributed by atoms with Gasteiger partial charge >= 0.3 is 6.03 Å². The zero-order valence-corrected chi connectivity index (χ0v) is 9.16. The van der Waals surface area contributed by atoms with Gasteiger partial charge in [-0.1, -0.05) is 27.2 Å². The van der Waals surface area contributed by atoms with Crippen molar-refractivity contribution in [1.29, 1.82) is 0 Å². The summed E-state index contributed by atoms with van der Waals surface area (Å²) in [6, 6.07) is -0.722. The molecule has 0 aliphatic carbocycles. The molecule has 1 rings (SSSR count). The molecule has 0 radical (unpaired) electrons. The highest BCUT2D eigenvalue weighted by Gasteiger charge is 2.40. The van der Waals surface area contributed by atoms with Crippen LogP contribution in [0.1, 0.15) is 27.2 Å². The summed E-state index contributed by atoms with van der Waals surface area (Å²) in [5, 5.41) is 4.24. The van der Waals surface area contributed by atoms with Gasteiger partial charge in [0.15, 0.2) is 0 Å². The van der Waals surface area contributed by atoms with Gasteiger partial charge in [-0.15, -0.1) is 0 Å². The van der Waals surface area contributed by atoms with E-state index in [1.54, 1.807) is 0 Å². The Morgan fingerprint density at radius 2 is 1.60 bits per heavy atom. The fraction of sp³-hybridized carbons (Fsp3) is 0.700. The van der Waals surface area contributed by atoms with Crippen LogP contribution in [0.5, 0.6) is 0 Å². The molecular formula is C10H16N2O3. The lowest BCUT2D eigenvalue weighted by Gasteiger charge is -2.29. The van der Waals surface area contributed by atoms with Crippen molar-refractivity contribution in [3.8, 4) is 0 Å². The Bertz CT molecular complexity index is 279. The molecule has 4 amide bonds. The zero-order valence-electron chi connectivity index (χ0n) is 9.16. The normalized spacial score (nSPS) is 20.1. The van der Waals surface area contributed by atoms with Gasteiger partial charge < -0.3 is 0 Å². The number of hydrogen-bond donors (Lipinski definition) is 2. The van der Waals surface area contributed by atoms with Crippen molar-refractivity contribution >= 4 is 17.8 Å². The van der Waals surface area contributed by atoms with Crippen LogP contribution in [-0.4, -0.2) is 17.8 Å². The predicted molar refractivity (Wildman–Crippen MR) is 53.8 cm³/mol. The van der Waals surface area contributed by atoms with Gasteiger partial charge in [-0.25, -0.2) is 4.79 Å². The fourth-order valence-electron chi connectivity index (χ4n) is 2.01. The highest BCUT2D eigenvalue weighted by Crippen LogP contribution is 2.26. The van der Waals surface area contributed by atoms with Crippen LogP contribution in [0, 0.1) is 17.8 Å². The quantitative estimate of drug-likeness (QED) is 0.674. The number of imide groups is 2. The molecule has 1 saturated heterocycles. The van der Waals surface area contributed by atoms with Gasteiger partial charge in [0.2, 0.25) is 11.8 Å². The Hall–Kier alpha value is -1.39. The smallest absolute Gasteiger partial charge is 0.277 e. The van der Waals surface area contributed by atoms with E-state index in [-0.39, 0.29) is 11.8 Å². The van der Waals surface area contributed by atoms with Crippen molar-refractivity contribution in [2.45, 2.75) is 27.2 Å². The van der Waals surface area contributed by atoms with E-state index in [1.807, 2.05) is 20.8 Å². The van der Waals surface area contributed by atoms with Gasteiger partial charge in [-0.2, -0.15) is 0 Å². The van der Waals surface area contributed by atoms with Crippen LogP contribution in [-0.2, 0) is 9.59 Å². The molecule has 0 bridgehead atoms. The molecular weight excluding hydrogens is 196 g/mol. The van der Waals surface area contributed by atoms with Crippen molar-refractivity contribution in [3.63, 3.8) is 0 Å². The van der Waals surface area contributed by atoms with E-state index in [0.29, 0.717) is 0 Å². The summed E-state index contributed by atoms with van der Waals surface area (Å²) in [7, 11) is 0. The number of amides is 4. The Labute approximate surface area is 88.6 Å². The first-order valence-electron chi connectivity index (χ1n) is 5.13. The standard InChI is InChI=1S/C10H16N2O3/c1-4-6(5(2)3)7-8(13)11-10(15)12-9(7)14/h5-7H,4H2,1-3H3,(H2,11,12,13,14,15). The Kier molecular flexibility index (Phi) is 3.44. The van der Waals surface area contributed by atoms with E-state index in [2.05, 4.69) is 10.6 Å². The molecule has 0 aromatic carbocycles. The van der Waals surface area contributed by atoms with Crippen molar-refractivity contribution in [3.05, 3.63) is 0 Å². The number of urea groups is 1.